The molecule has 0 bridgehead atoms. The van der Waals surface area contributed by atoms with Gasteiger partial charge in [0.15, 0.2) is 5.13 Å². The highest BCUT2D eigenvalue weighted by atomic mass is 35.5. The van der Waals surface area contributed by atoms with Crippen molar-refractivity contribution in [1.29, 1.82) is 5.26 Å². The molecule has 7 heteroatoms. The van der Waals surface area contributed by atoms with Crippen LogP contribution in [0.25, 0.3) is 16.8 Å². The molecule has 4 nitrogen and oxygen atoms in total. The highest BCUT2D eigenvalue weighted by Crippen LogP contribution is 2.27. The van der Waals surface area contributed by atoms with Gasteiger partial charge in [-0.2, -0.15) is 5.26 Å². The summed E-state index contributed by atoms with van der Waals surface area (Å²) in [6.07, 6.45) is 3.85. The van der Waals surface area contributed by atoms with Crippen LogP contribution >= 0.6 is 34.5 Å². The molecule has 0 saturated heterocycles. The number of carbonyl (C=O) groups excluding carboxylic acids is 1. The van der Waals surface area contributed by atoms with E-state index in [2.05, 4.69) is 10.3 Å². The topological polar surface area (TPSA) is 65.8 Å². The molecule has 152 valence electrons. The number of fused-ring (bicyclic) bond motifs is 1. The summed E-state index contributed by atoms with van der Waals surface area (Å²) in [6.45, 7) is 0. The molecule has 0 saturated carbocycles. The van der Waals surface area contributed by atoms with Crippen molar-refractivity contribution in [3.8, 4) is 6.07 Å². The Balaban J connectivity index is 1.52. The molecule has 0 unspecified atom stereocenters. The molecule has 0 radical (unpaired) electrons. The van der Waals surface area contributed by atoms with Crippen molar-refractivity contribution in [3.05, 3.63) is 98.5 Å². The summed E-state index contributed by atoms with van der Waals surface area (Å²) in [6, 6.07) is 20.9. The predicted octanol–water partition coefficient (Wildman–Crippen LogP) is 6.74. The van der Waals surface area contributed by atoms with Gasteiger partial charge in [-0.15, -0.1) is 11.3 Å². The third kappa shape index (κ3) is 4.95. The molecule has 0 aliphatic heterocycles. The molecule has 1 amide bonds. The maximum atomic E-state index is 12.7. The van der Waals surface area contributed by atoms with Crippen molar-refractivity contribution < 1.29 is 4.79 Å². The molecule has 0 aliphatic carbocycles. The monoisotopic (exact) mass is 463 g/mol. The molecule has 0 fully saturated rings. The fourth-order valence-electron chi connectivity index (χ4n) is 3.14. The van der Waals surface area contributed by atoms with Crippen molar-refractivity contribution in [2.75, 3.05) is 5.32 Å². The summed E-state index contributed by atoms with van der Waals surface area (Å²) in [5.41, 5.74) is 1.73. The quantitative estimate of drug-likeness (QED) is 0.263. The van der Waals surface area contributed by atoms with Crippen LogP contribution < -0.4 is 5.32 Å². The number of benzene rings is 3. The smallest absolute Gasteiger partial charge is 0.268 e. The van der Waals surface area contributed by atoms with E-state index in [1.165, 1.54) is 11.3 Å². The minimum Gasteiger partial charge on any atom is -0.297 e. The number of halogens is 2. The molecular weight excluding hydrogens is 449 g/mol. The maximum absolute atomic E-state index is 12.7. The third-order valence-electron chi connectivity index (χ3n) is 4.64. The van der Waals surface area contributed by atoms with E-state index in [1.807, 2.05) is 54.6 Å². The van der Waals surface area contributed by atoms with Gasteiger partial charge in [0.1, 0.15) is 11.6 Å². The maximum Gasteiger partial charge on any atom is 0.268 e. The Morgan fingerprint density at radius 2 is 1.94 bits per heavy atom. The Hall–Kier alpha value is -3.17. The van der Waals surface area contributed by atoms with Gasteiger partial charge in [-0.05, 0) is 40.1 Å². The van der Waals surface area contributed by atoms with Crippen molar-refractivity contribution in [1.82, 2.24) is 4.98 Å². The molecule has 1 aromatic heterocycles. The van der Waals surface area contributed by atoms with Gasteiger partial charge >= 0.3 is 0 Å². The van der Waals surface area contributed by atoms with Crippen LogP contribution in [0.1, 0.15) is 16.0 Å². The number of amides is 1. The first-order valence-electron chi connectivity index (χ1n) is 9.33. The Bertz CT molecular complexity index is 1350. The summed E-state index contributed by atoms with van der Waals surface area (Å²) in [5.74, 6) is -0.499. The number of nitrogens with zero attached hydrogens (tertiary/aromatic N) is 2. The van der Waals surface area contributed by atoms with E-state index in [4.69, 9.17) is 23.2 Å². The van der Waals surface area contributed by atoms with Gasteiger partial charge in [0.05, 0.1) is 0 Å². The largest absolute Gasteiger partial charge is 0.297 e. The summed E-state index contributed by atoms with van der Waals surface area (Å²) < 4.78 is 0. The van der Waals surface area contributed by atoms with E-state index in [9.17, 15) is 10.1 Å². The SMILES string of the molecule is N#CC(=Cc1cccc2ccccc12)C(=O)Nc1ncc(Cc2ccc(Cl)cc2Cl)s1. The molecular formula is C24H15Cl2N3OS. The highest BCUT2D eigenvalue weighted by Gasteiger charge is 2.13. The summed E-state index contributed by atoms with van der Waals surface area (Å²) >= 11 is 13.5. The number of carbonyl (C=O) groups is 1. The Morgan fingerprint density at radius 1 is 1.13 bits per heavy atom. The van der Waals surface area contributed by atoms with Crippen molar-refractivity contribution in [2.45, 2.75) is 6.42 Å². The van der Waals surface area contributed by atoms with Gasteiger partial charge in [-0.1, -0.05) is 71.7 Å². The first kappa shape index (κ1) is 21.1. The minimum absolute atomic E-state index is 0.00819. The van der Waals surface area contributed by atoms with Crippen LogP contribution in [-0.4, -0.2) is 10.9 Å². The number of nitrogens with one attached hydrogen (secondary N) is 1. The Morgan fingerprint density at radius 3 is 2.74 bits per heavy atom. The van der Waals surface area contributed by atoms with E-state index in [1.54, 1.807) is 24.4 Å². The van der Waals surface area contributed by atoms with E-state index in [0.29, 0.717) is 21.6 Å². The first-order chi connectivity index (χ1) is 15.0. The van der Waals surface area contributed by atoms with Gasteiger partial charge in [0.2, 0.25) is 0 Å². The lowest BCUT2D eigenvalue weighted by Gasteiger charge is -2.04. The molecule has 1 heterocycles. The molecule has 0 aliphatic rings. The number of rotatable bonds is 5. The van der Waals surface area contributed by atoms with Gasteiger partial charge in [0.25, 0.3) is 5.91 Å². The van der Waals surface area contributed by atoms with Crippen LogP contribution in [0, 0.1) is 11.3 Å². The molecule has 0 atom stereocenters. The van der Waals surface area contributed by atoms with Crippen LogP contribution in [0.15, 0.2) is 72.4 Å². The van der Waals surface area contributed by atoms with Gasteiger partial charge in [-0.3, -0.25) is 10.1 Å². The molecule has 4 rings (SSSR count). The van der Waals surface area contributed by atoms with E-state index in [-0.39, 0.29) is 5.57 Å². The second-order valence-electron chi connectivity index (χ2n) is 6.74. The van der Waals surface area contributed by atoms with Crippen LogP contribution in [-0.2, 0) is 11.2 Å². The van der Waals surface area contributed by atoms with Crippen molar-refractivity contribution >= 4 is 62.4 Å². The lowest BCUT2D eigenvalue weighted by Crippen LogP contribution is -2.13. The summed E-state index contributed by atoms with van der Waals surface area (Å²) in [4.78, 5) is 17.9. The minimum atomic E-state index is -0.499. The van der Waals surface area contributed by atoms with Crippen molar-refractivity contribution in [2.24, 2.45) is 0 Å². The van der Waals surface area contributed by atoms with Gasteiger partial charge < -0.3 is 0 Å². The lowest BCUT2D eigenvalue weighted by atomic mass is 10.0. The Labute approximate surface area is 193 Å². The normalized spacial score (nSPS) is 11.3. The summed E-state index contributed by atoms with van der Waals surface area (Å²) in [7, 11) is 0. The average molecular weight is 464 g/mol. The van der Waals surface area contributed by atoms with E-state index in [0.717, 1.165) is 26.8 Å². The van der Waals surface area contributed by atoms with E-state index < -0.39 is 5.91 Å². The first-order valence-corrected chi connectivity index (χ1v) is 10.9. The number of thiazole rings is 1. The van der Waals surface area contributed by atoms with Crippen LogP contribution in [0.2, 0.25) is 10.0 Å². The zero-order chi connectivity index (χ0) is 21.8. The van der Waals surface area contributed by atoms with Crippen LogP contribution in [0.5, 0.6) is 0 Å². The summed E-state index contributed by atoms with van der Waals surface area (Å²) in [5, 5.41) is 15.8. The number of anilines is 1. The number of nitriles is 1. The molecule has 3 aromatic carbocycles. The highest BCUT2D eigenvalue weighted by molar-refractivity contribution is 7.15. The average Bonchev–Trinajstić information content (AvgIpc) is 3.20. The number of aromatic nitrogens is 1. The van der Waals surface area contributed by atoms with E-state index >= 15 is 0 Å². The molecule has 4 aromatic rings. The fourth-order valence-corrected chi connectivity index (χ4v) is 4.45. The number of hydrogen-bond donors (Lipinski definition) is 1. The predicted molar refractivity (Wildman–Crippen MR) is 128 cm³/mol. The number of hydrogen-bond acceptors (Lipinski definition) is 4. The Kier molecular flexibility index (Phi) is 6.34. The van der Waals surface area contributed by atoms with Gasteiger partial charge in [-0.25, -0.2) is 4.98 Å². The standard InChI is InChI=1S/C24H15Cl2N3OS/c25-19-9-8-17(22(26)12-19)11-20-14-28-24(31-20)29-23(30)18(13-27)10-16-6-3-5-15-4-1-2-7-21(15)16/h1-10,12,14H,11H2,(H,28,29,30). The second kappa shape index (κ2) is 9.32. The zero-order valence-corrected chi connectivity index (χ0v) is 18.4. The third-order valence-corrected chi connectivity index (χ3v) is 6.14. The van der Waals surface area contributed by atoms with Gasteiger partial charge in [0, 0.05) is 27.5 Å². The fraction of sp³-hybridized carbons (Fsp3) is 0.0417. The van der Waals surface area contributed by atoms with Crippen LogP contribution in [0.3, 0.4) is 0 Å². The molecule has 0 spiro atoms. The molecule has 31 heavy (non-hydrogen) atoms. The van der Waals surface area contributed by atoms with Crippen LogP contribution in [0.4, 0.5) is 5.13 Å². The lowest BCUT2D eigenvalue weighted by molar-refractivity contribution is -0.112. The molecule has 1 N–H and O–H groups in total. The second-order valence-corrected chi connectivity index (χ2v) is 8.70. The zero-order valence-electron chi connectivity index (χ0n) is 16.1. The van der Waals surface area contributed by atoms with Crippen molar-refractivity contribution in [3.63, 3.8) is 0 Å².